The molecule has 0 bridgehead atoms. The molecule has 0 N–H and O–H groups in total. The molecule has 2 aliphatic rings. The Morgan fingerprint density at radius 2 is 2.04 bits per heavy atom. The first-order valence-electron chi connectivity index (χ1n) is 9.56. The number of likely N-dealkylation sites (tertiary alicyclic amines) is 1. The fraction of sp³-hybridized carbons (Fsp3) is 0.429. The first-order chi connectivity index (χ1) is 13.6. The minimum absolute atomic E-state index is 0.0382. The molecule has 2 unspecified atom stereocenters. The predicted molar refractivity (Wildman–Crippen MR) is 104 cm³/mol. The highest BCUT2D eigenvalue weighted by molar-refractivity contribution is 6.31. The second-order valence-corrected chi connectivity index (χ2v) is 7.77. The normalized spacial score (nSPS) is 23.4. The first-order valence-corrected chi connectivity index (χ1v) is 9.94. The lowest BCUT2D eigenvalue weighted by molar-refractivity contribution is -0.140. The summed E-state index contributed by atoms with van der Waals surface area (Å²) in [6.07, 6.45) is 4.08. The maximum absolute atomic E-state index is 14.1. The second kappa shape index (κ2) is 8.55. The van der Waals surface area contributed by atoms with E-state index in [-0.39, 0.29) is 30.3 Å². The molecule has 1 aromatic heterocycles. The van der Waals surface area contributed by atoms with Gasteiger partial charge in [0.15, 0.2) is 0 Å². The van der Waals surface area contributed by atoms with Crippen molar-refractivity contribution in [2.24, 2.45) is 5.92 Å². The van der Waals surface area contributed by atoms with Crippen LogP contribution in [-0.4, -0.2) is 53.0 Å². The number of carbonyl (C=O) groups excluding carboxylic acids is 1. The number of benzene rings is 1. The van der Waals surface area contributed by atoms with E-state index in [2.05, 4.69) is 9.88 Å². The van der Waals surface area contributed by atoms with Gasteiger partial charge in [0, 0.05) is 50.7 Å². The number of rotatable bonds is 4. The monoisotopic (exact) mass is 403 g/mol. The molecule has 2 aromatic rings. The van der Waals surface area contributed by atoms with Gasteiger partial charge in [0.05, 0.1) is 23.7 Å². The topological polar surface area (TPSA) is 45.7 Å². The van der Waals surface area contributed by atoms with Crippen molar-refractivity contribution >= 4 is 17.5 Å². The molecular weight excluding hydrogens is 381 g/mol. The smallest absolute Gasteiger partial charge is 0.229 e. The van der Waals surface area contributed by atoms with E-state index < -0.39 is 0 Å². The largest absolute Gasteiger partial charge is 0.375 e. The molecule has 3 heterocycles. The average molecular weight is 404 g/mol. The molecule has 2 saturated heterocycles. The van der Waals surface area contributed by atoms with E-state index in [0.29, 0.717) is 36.8 Å². The quantitative estimate of drug-likeness (QED) is 0.786. The fourth-order valence-corrected chi connectivity index (χ4v) is 4.18. The summed E-state index contributed by atoms with van der Waals surface area (Å²) in [6.45, 7) is 3.36. The summed E-state index contributed by atoms with van der Waals surface area (Å²) in [5, 5.41) is 0.634. The van der Waals surface area contributed by atoms with Crippen LogP contribution >= 0.6 is 11.6 Å². The number of carbonyl (C=O) groups is 1. The molecule has 5 nitrogen and oxygen atoms in total. The number of nitrogens with zero attached hydrogens (tertiary/aromatic N) is 3. The maximum Gasteiger partial charge on any atom is 0.229 e. The van der Waals surface area contributed by atoms with Crippen LogP contribution in [0.3, 0.4) is 0 Å². The van der Waals surface area contributed by atoms with Crippen molar-refractivity contribution in [3.05, 3.63) is 64.7 Å². The molecule has 0 spiro atoms. The van der Waals surface area contributed by atoms with E-state index in [1.54, 1.807) is 35.5 Å². The van der Waals surface area contributed by atoms with Gasteiger partial charge >= 0.3 is 0 Å². The van der Waals surface area contributed by atoms with Gasteiger partial charge in [-0.05, 0) is 24.1 Å². The number of hydrogen-bond acceptors (Lipinski definition) is 4. The third-order valence-electron chi connectivity index (χ3n) is 5.52. The van der Waals surface area contributed by atoms with Crippen molar-refractivity contribution in [2.45, 2.75) is 25.6 Å². The molecule has 1 amide bonds. The summed E-state index contributed by atoms with van der Waals surface area (Å²) in [6, 6.07) is 8.51. The SMILES string of the molecule is O=C1C2CN(Cc3ccncc3Cl)CCC2OCCN1Cc1ccccc1F. The van der Waals surface area contributed by atoms with Crippen molar-refractivity contribution in [3.8, 4) is 0 Å². The fourth-order valence-electron chi connectivity index (χ4n) is 4.00. The van der Waals surface area contributed by atoms with Crippen molar-refractivity contribution in [3.63, 3.8) is 0 Å². The van der Waals surface area contributed by atoms with E-state index in [9.17, 15) is 9.18 Å². The highest BCUT2D eigenvalue weighted by Crippen LogP contribution is 2.28. The van der Waals surface area contributed by atoms with Crippen molar-refractivity contribution in [2.75, 3.05) is 26.2 Å². The summed E-state index contributed by atoms with van der Waals surface area (Å²) < 4.78 is 20.0. The Morgan fingerprint density at radius 1 is 1.18 bits per heavy atom. The van der Waals surface area contributed by atoms with Gasteiger partial charge in [-0.2, -0.15) is 0 Å². The van der Waals surface area contributed by atoms with E-state index in [1.165, 1.54) is 6.07 Å². The number of piperidine rings is 1. The Labute approximate surface area is 169 Å². The molecule has 28 heavy (non-hydrogen) atoms. The summed E-state index contributed by atoms with van der Waals surface area (Å²) in [7, 11) is 0. The summed E-state index contributed by atoms with van der Waals surface area (Å²) >= 11 is 6.24. The second-order valence-electron chi connectivity index (χ2n) is 7.36. The van der Waals surface area contributed by atoms with Crippen LogP contribution < -0.4 is 0 Å². The Kier molecular flexibility index (Phi) is 5.90. The van der Waals surface area contributed by atoms with Gasteiger partial charge < -0.3 is 9.64 Å². The van der Waals surface area contributed by atoms with Gasteiger partial charge in [0.2, 0.25) is 5.91 Å². The predicted octanol–water partition coefficient (Wildman–Crippen LogP) is 3.12. The first kappa shape index (κ1) is 19.3. The molecule has 2 atom stereocenters. The van der Waals surface area contributed by atoms with Gasteiger partial charge in [-0.15, -0.1) is 0 Å². The zero-order chi connectivity index (χ0) is 19.5. The van der Waals surface area contributed by atoms with Crippen LogP contribution in [-0.2, 0) is 22.6 Å². The van der Waals surface area contributed by atoms with Crippen molar-refractivity contribution in [1.82, 2.24) is 14.8 Å². The van der Waals surface area contributed by atoms with Gasteiger partial charge in [0.1, 0.15) is 5.82 Å². The zero-order valence-corrected chi connectivity index (χ0v) is 16.3. The molecule has 2 fully saturated rings. The molecular formula is C21H23ClFN3O2. The van der Waals surface area contributed by atoms with Gasteiger partial charge in [-0.25, -0.2) is 4.39 Å². The lowest BCUT2D eigenvalue weighted by Crippen LogP contribution is -2.49. The maximum atomic E-state index is 14.1. The Bertz CT molecular complexity index is 850. The highest BCUT2D eigenvalue weighted by Gasteiger charge is 2.39. The molecule has 1 aromatic carbocycles. The zero-order valence-electron chi connectivity index (χ0n) is 15.6. The van der Waals surface area contributed by atoms with Crippen molar-refractivity contribution < 1.29 is 13.9 Å². The molecule has 0 aliphatic carbocycles. The van der Waals surface area contributed by atoms with Crippen LogP contribution in [0.2, 0.25) is 5.02 Å². The van der Waals surface area contributed by atoms with Gasteiger partial charge in [-0.3, -0.25) is 14.7 Å². The number of fused-ring (bicyclic) bond motifs is 1. The van der Waals surface area contributed by atoms with E-state index in [4.69, 9.17) is 16.3 Å². The van der Waals surface area contributed by atoms with Crippen LogP contribution in [0.5, 0.6) is 0 Å². The van der Waals surface area contributed by atoms with Crippen molar-refractivity contribution in [1.29, 1.82) is 0 Å². The summed E-state index contributed by atoms with van der Waals surface area (Å²) in [5.74, 6) is -0.491. The number of amides is 1. The summed E-state index contributed by atoms with van der Waals surface area (Å²) in [4.78, 5) is 21.2. The third kappa shape index (κ3) is 4.19. The molecule has 7 heteroatoms. The molecule has 4 rings (SSSR count). The number of hydrogen-bond donors (Lipinski definition) is 0. The Balaban J connectivity index is 1.47. The number of halogens is 2. The highest BCUT2D eigenvalue weighted by atomic mass is 35.5. The van der Waals surface area contributed by atoms with Crippen LogP contribution in [0.25, 0.3) is 0 Å². The van der Waals surface area contributed by atoms with Gasteiger partial charge in [-0.1, -0.05) is 29.8 Å². The van der Waals surface area contributed by atoms with Gasteiger partial charge in [0.25, 0.3) is 0 Å². The number of ether oxygens (including phenoxy) is 1. The lowest BCUT2D eigenvalue weighted by Gasteiger charge is -2.37. The van der Waals surface area contributed by atoms with Crippen LogP contribution in [0.15, 0.2) is 42.7 Å². The average Bonchev–Trinajstić information content (AvgIpc) is 2.85. The summed E-state index contributed by atoms with van der Waals surface area (Å²) in [5.41, 5.74) is 1.53. The Morgan fingerprint density at radius 3 is 2.86 bits per heavy atom. The molecule has 0 radical (unpaired) electrons. The van der Waals surface area contributed by atoms with Crippen LogP contribution in [0.4, 0.5) is 4.39 Å². The standard InChI is InChI=1S/C21H23ClFN3O2/c22-18-11-24-7-5-15(18)12-25-8-6-20-17(14-25)21(27)26(9-10-28-20)13-16-3-1-2-4-19(16)23/h1-5,7,11,17,20H,6,8-10,12-14H2. The number of pyridine rings is 1. The Hall–Kier alpha value is -2.02. The molecule has 148 valence electrons. The third-order valence-corrected chi connectivity index (χ3v) is 5.87. The minimum Gasteiger partial charge on any atom is -0.375 e. The molecule has 2 aliphatic heterocycles. The number of aromatic nitrogens is 1. The van der Waals surface area contributed by atoms with E-state index >= 15 is 0 Å². The lowest BCUT2D eigenvalue weighted by atomic mass is 9.93. The van der Waals surface area contributed by atoms with Crippen LogP contribution in [0, 0.1) is 11.7 Å². The van der Waals surface area contributed by atoms with E-state index in [0.717, 1.165) is 18.5 Å². The molecule has 0 saturated carbocycles. The van der Waals surface area contributed by atoms with Crippen LogP contribution in [0.1, 0.15) is 17.5 Å². The van der Waals surface area contributed by atoms with E-state index in [1.807, 2.05) is 6.07 Å². The minimum atomic E-state index is -0.283.